The van der Waals surface area contributed by atoms with Gasteiger partial charge in [-0.15, -0.1) is 11.3 Å². The summed E-state index contributed by atoms with van der Waals surface area (Å²) in [5, 5.41) is 1.93. The highest BCUT2D eigenvalue weighted by Crippen LogP contribution is 2.02. The molecule has 0 saturated heterocycles. The number of carbonyl (C=O) groups excluding carboxylic acids is 1. The minimum Gasteiger partial charge on any atom is -0.319 e. The third-order valence-corrected chi connectivity index (χ3v) is 3.94. The van der Waals surface area contributed by atoms with Crippen molar-refractivity contribution < 1.29 is 4.79 Å². The van der Waals surface area contributed by atoms with E-state index in [4.69, 9.17) is 0 Å². The van der Waals surface area contributed by atoms with E-state index < -0.39 is 0 Å². The lowest BCUT2D eigenvalue weighted by atomic mass is 10.2. The van der Waals surface area contributed by atoms with Crippen molar-refractivity contribution in [2.24, 2.45) is 4.99 Å². The van der Waals surface area contributed by atoms with E-state index in [2.05, 4.69) is 22.1 Å². The summed E-state index contributed by atoms with van der Waals surface area (Å²) in [5.74, 6) is -0.292. The van der Waals surface area contributed by atoms with E-state index in [9.17, 15) is 4.79 Å². The number of hydrogen-bond acceptors (Lipinski definition) is 3. The molecule has 4 nitrogen and oxygen atoms in total. The van der Waals surface area contributed by atoms with E-state index in [0.29, 0.717) is 11.3 Å². The van der Waals surface area contributed by atoms with Gasteiger partial charge in [-0.3, -0.25) is 9.78 Å². The number of pyridine rings is 1. The fraction of sp³-hybridized carbons (Fsp3) is 0.0556. The van der Waals surface area contributed by atoms with Gasteiger partial charge < -0.3 is 4.57 Å². The Morgan fingerprint density at radius 1 is 1.17 bits per heavy atom. The fourth-order valence-electron chi connectivity index (χ4n) is 2.05. The Labute approximate surface area is 138 Å². The minimum absolute atomic E-state index is 0.292. The van der Waals surface area contributed by atoms with Gasteiger partial charge in [0.05, 0.1) is 5.69 Å². The van der Waals surface area contributed by atoms with Crippen molar-refractivity contribution in [3.8, 4) is 0 Å². The molecule has 3 aromatic rings. The van der Waals surface area contributed by atoms with Crippen LogP contribution >= 0.6 is 11.3 Å². The molecular formula is C18H15N3OS. The van der Waals surface area contributed by atoms with Crippen LogP contribution in [0.5, 0.6) is 0 Å². The van der Waals surface area contributed by atoms with Crippen molar-refractivity contribution >= 4 is 23.3 Å². The summed E-state index contributed by atoms with van der Waals surface area (Å²) < 4.78 is 1.96. The zero-order valence-electron chi connectivity index (χ0n) is 12.4. The maximum atomic E-state index is 12.0. The predicted molar refractivity (Wildman–Crippen MR) is 91.7 cm³/mol. The lowest BCUT2D eigenvalue weighted by Crippen LogP contribution is -2.16. The Morgan fingerprint density at radius 3 is 2.78 bits per heavy atom. The maximum absolute atomic E-state index is 12.0. The zero-order chi connectivity index (χ0) is 15.9. The molecule has 0 bridgehead atoms. The van der Waals surface area contributed by atoms with Crippen molar-refractivity contribution in [3.63, 3.8) is 0 Å². The van der Waals surface area contributed by atoms with Crippen molar-refractivity contribution in [2.45, 2.75) is 6.54 Å². The van der Waals surface area contributed by atoms with Crippen LogP contribution in [0.15, 0.2) is 77.4 Å². The number of carbonyl (C=O) groups is 1. The molecule has 1 aromatic carbocycles. The highest BCUT2D eigenvalue weighted by atomic mass is 32.1. The molecule has 0 aliphatic heterocycles. The summed E-state index contributed by atoms with van der Waals surface area (Å²) in [7, 11) is 0. The summed E-state index contributed by atoms with van der Waals surface area (Å²) in [6, 6.07) is 15.6. The smallest absolute Gasteiger partial charge is 0.272 e. The van der Waals surface area contributed by atoms with E-state index in [-0.39, 0.29) is 5.91 Å². The van der Waals surface area contributed by atoms with Crippen LogP contribution in [0.1, 0.15) is 11.3 Å². The Bertz CT molecular complexity index is 864. The van der Waals surface area contributed by atoms with Gasteiger partial charge >= 0.3 is 0 Å². The van der Waals surface area contributed by atoms with E-state index >= 15 is 0 Å². The van der Waals surface area contributed by atoms with Crippen LogP contribution < -0.4 is 4.80 Å². The number of aromatic nitrogens is 2. The average molecular weight is 321 g/mol. The monoisotopic (exact) mass is 321 g/mol. The van der Waals surface area contributed by atoms with Gasteiger partial charge in [0.2, 0.25) is 0 Å². The zero-order valence-corrected chi connectivity index (χ0v) is 13.2. The number of rotatable bonds is 4. The second-order valence-electron chi connectivity index (χ2n) is 4.84. The third kappa shape index (κ3) is 4.34. The topological polar surface area (TPSA) is 47.2 Å². The number of amides is 1. The van der Waals surface area contributed by atoms with Crippen LogP contribution in [0.4, 0.5) is 0 Å². The third-order valence-electron chi connectivity index (χ3n) is 3.15. The van der Waals surface area contributed by atoms with Crippen LogP contribution in [-0.4, -0.2) is 15.5 Å². The van der Waals surface area contributed by atoms with Crippen molar-refractivity contribution in [1.82, 2.24) is 9.55 Å². The standard InChI is InChI=1S/C18H15N3OS/c22-17(10-9-16-8-4-5-11-19-16)20-18-21(12-13-23-18)14-15-6-2-1-3-7-15/h1-13H,14H2/b10-9+,20-18?. The molecule has 114 valence electrons. The highest BCUT2D eigenvalue weighted by Gasteiger charge is 1.99. The molecule has 0 fully saturated rings. The van der Waals surface area contributed by atoms with Gasteiger partial charge in [0.15, 0.2) is 4.80 Å². The minimum atomic E-state index is -0.292. The summed E-state index contributed by atoms with van der Waals surface area (Å²) in [5.41, 5.74) is 1.91. The van der Waals surface area contributed by atoms with E-state index in [0.717, 1.165) is 5.69 Å². The van der Waals surface area contributed by atoms with Gasteiger partial charge in [-0.05, 0) is 23.8 Å². The van der Waals surface area contributed by atoms with Crippen LogP contribution in [0.2, 0.25) is 0 Å². The van der Waals surface area contributed by atoms with Crippen molar-refractivity contribution in [3.05, 3.63) is 88.4 Å². The van der Waals surface area contributed by atoms with Gasteiger partial charge in [-0.1, -0.05) is 36.4 Å². The lowest BCUT2D eigenvalue weighted by Gasteiger charge is -2.02. The van der Waals surface area contributed by atoms with Gasteiger partial charge in [0.1, 0.15) is 0 Å². The molecule has 2 aromatic heterocycles. The summed E-state index contributed by atoms with van der Waals surface area (Å²) >= 11 is 1.44. The van der Waals surface area contributed by atoms with Gasteiger partial charge in [-0.2, -0.15) is 4.99 Å². The average Bonchev–Trinajstić information content (AvgIpc) is 3.02. The Hall–Kier alpha value is -2.79. The van der Waals surface area contributed by atoms with Crippen molar-refractivity contribution in [2.75, 3.05) is 0 Å². The molecule has 0 radical (unpaired) electrons. The predicted octanol–water partition coefficient (Wildman–Crippen LogP) is 3.13. The van der Waals surface area contributed by atoms with Crippen LogP contribution in [0.25, 0.3) is 6.08 Å². The molecule has 23 heavy (non-hydrogen) atoms. The molecule has 0 spiro atoms. The van der Waals surface area contributed by atoms with E-state index in [1.54, 1.807) is 12.3 Å². The SMILES string of the molecule is O=C(/C=C/c1ccccn1)N=c1sccn1Cc1ccccc1. The Kier molecular flexibility index (Phi) is 4.91. The molecule has 0 aliphatic rings. The molecule has 0 N–H and O–H groups in total. The molecular weight excluding hydrogens is 306 g/mol. The lowest BCUT2D eigenvalue weighted by molar-refractivity contribution is -0.113. The Morgan fingerprint density at radius 2 is 2.00 bits per heavy atom. The van der Waals surface area contributed by atoms with Gasteiger partial charge in [0.25, 0.3) is 5.91 Å². The normalized spacial score (nSPS) is 11.9. The van der Waals surface area contributed by atoms with Crippen molar-refractivity contribution in [1.29, 1.82) is 0 Å². The molecule has 0 aliphatic carbocycles. The van der Waals surface area contributed by atoms with Crippen LogP contribution in [0.3, 0.4) is 0 Å². The maximum Gasteiger partial charge on any atom is 0.272 e. The number of thiazole rings is 1. The van der Waals surface area contributed by atoms with Crippen LogP contribution in [0, 0.1) is 0 Å². The molecule has 5 heteroatoms. The largest absolute Gasteiger partial charge is 0.319 e. The Balaban J connectivity index is 1.77. The molecule has 3 rings (SSSR count). The number of benzene rings is 1. The highest BCUT2D eigenvalue weighted by molar-refractivity contribution is 7.07. The fourth-order valence-corrected chi connectivity index (χ4v) is 2.78. The first-order valence-electron chi connectivity index (χ1n) is 7.17. The van der Waals surface area contributed by atoms with Crippen LogP contribution in [-0.2, 0) is 11.3 Å². The number of nitrogens with zero attached hydrogens (tertiary/aromatic N) is 3. The first-order valence-corrected chi connectivity index (χ1v) is 8.05. The summed E-state index contributed by atoms with van der Waals surface area (Å²) in [6.07, 6.45) is 6.73. The second-order valence-corrected chi connectivity index (χ2v) is 5.71. The summed E-state index contributed by atoms with van der Waals surface area (Å²) in [4.78, 5) is 21.0. The summed E-state index contributed by atoms with van der Waals surface area (Å²) in [6.45, 7) is 0.695. The van der Waals surface area contributed by atoms with Gasteiger partial charge in [0, 0.05) is 30.4 Å². The molecule has 0 atom stereocenters. The molecule has 2 heterocycles. The van der Waals surface area contributed by atoms with E-state index in [1.165, 1.54) is 23.0 Å². The molecule has 1 amide bonds. The first kappa shape index (κ1) is 15.1. The second kappa shape index (κ2) is 7.47. The van der Waals surface area contributed by atoms with E-state index in [1.807, 2.05) is 52.5 Å². The van der Waals surface area contributed by atoms with Gasteiger partial charge in [-0.25, -0.2) is 0 Å². The number of hydrogen-bond donors (Lipinski definition) is 0. The molecule has 0 unspecified atom stereocenters. The quantitative estimate of drug-likeness (QED) is 0.693. The first-order chi connectivity index (χ1) is 11.3. The molecule has 0 saturated carbocycles.